The predicted octanol–water partition coefficient (Wildman–Crippen LogP) is 3.72. The molecule has 1 aromatic rings. The topological polar surface area (TPSA) is 62.4 Å². The number of nitrogens with one attached hydrogen (secondary N) is 3. The summed E-state index contributed by atoms with van der Waals surface area (Å²) < 4.78 is 2.94. The van der Waals surface area contributed by atoms with E-state index < -0.39 is 16.1 Å². The molecule has 0 heterocycles. The highest BCUT2D eigenvalue weighted by Gasteiger charge is 2.35. The molecule has 22 heavy (non-hydrogen) atoms. The molecule has 0 aliphatic rings. The summed E-state index contributed by atoms with van der Waals surface area (Å²) in [6, 6.07) is 7.56. The fourth-order valence-corrected chi connectivity index (χ4v) is 1.99. The Balaban J connectivity index is 2.66. The predicted molar refractivity (Wildman–Crippen MR) is 94.8 cm³/mol. The van der Waals surface area contributed by atoms with Crippen LogP contribution in [0, 0.1) is 6.92 Å². The number of alkyl carbamates (subject to hydrolysis) is 1. The molecular weight excluding hydrogens is 369 g/mol. The first-order chi connectivity index (χ1) is 10.2. The van der Waals surface area contributed by atoms with Crippen LogP contribution in [-0.2, 0) is 4.74 Å². The fraction of sp³-hybridized carbons (Fsp3) is 0.385. The van der Waals surface area contributed by atoms with Crippen LogP contribution in [0.2, 0.25) is 0 Å². The van der Waals surface area contributed by atoms with Crippen molar-refractivity contribution in [3.63, 3.8) is 0 Å². The molecule has 0 aliphatic heterocycles. The third-order valence-electron chi connectivity index (χ3n) is 2.45. The van der Waals surface area contributed by atoms with Gasteiger partial charge in [0.2, 0.25) is 3.79 Å². The first-order valence-electron chi connectivity index (χ1n) is 6.36. The minimum atomic E-state index is -1.81. The van der Waals surface area contributed by atoms with E-state index >= 15 is 0 Å². The number of alkyl halides is 3. The number of carbonyl (C=O) groups is 1. The minimum absolute atomic E-state index is 0.192. The van der Waals surface area contributed by atoms with Crippen molar-refractivity contribution in [2.24, 2.45) is 0 Å². The van der Waals surface area contributed by atoms with Crippen LogP contribution in [0.1, 0.15) is 12.5 Å². The van der Waals surface area contributed by atoms with Gasteiger partial charge in [0.1, 0.15) is 0 Å². The van der Waals surface area contributed by atoms with E-state index in [0.29, 0.717) is 0 Å². The van der Waals surface area contributed by atoms with Gasteiger partial charge < -0.3 is 15.4 Å². The number of hydrogen-bond donors (Lipinski definition) is 3. The number of ether oxygens (including phenoxy) is 1. The number of carbonyl (C=O) groups excluding carboxylic acids is 1. The van der Waals surface area contributed by atoms with Crippen molar-refractivity contribution in [2.75, 3.05) is 11.9 Å². The molecule has 0 saturated carbocycles. The van der Waals surface area contributed by atoms with Gasteiger partial charge in [0, 0.05) is 5.69 Å². The third kappa shape index (κ3) is 6.87. The SMILES string of the molecule is CCOC(=O)N[C@H](NC(=S)Nc1ccc(C)cc1)C(Cl)(Cl)Cl. The van der Waals surface area contributed by atoms with E-state index in [0.717, 1.165) is 11.3 Å². The molecule has 5 nitrogen and oxygen atoms in total. The molecule has 3 N–H and O–H groups in total. The van der Waals surface area contributed by atoms with Crippen LogP contribution in [0.15, 0.2) is 24.3 Å². The van der Waals surface area contributed by atoms with E-state index in [1.165, 1.54) is 0 Å². The maximum Gasteiger partial charge on any atom is 0.408 e. The van der Waals surface area contributed by atoms with Crippen LogP contribution >= 0.6 is 47.0 Å². The van der Waals surface area contributed by atoms with Crippen LogP contribution in [0.4, 0.5) is 10.5 Å². The molecule has 0 saturated heterocycles. The lowest BCUT2D eigenvalue weighted by molar-refractivity contribution is 0.147. The molecule has 0 aliphatic carbocycles. The Morgan fingerprint density at radius 3 is 2.36 bits per heavy atom. The summed E-state index contributed by atoms with van der Waals surface area (Å²) in [4.78, 5) is 11.5. The molecule has 122 valence electrons. The number of anilines is 1. The number of aryl methyl sites for hydroxylation is 1. The zero-order valence-electron chi connectivity index (χ0n) is 12.0. The summed E-state index contributed by atoms with van der Waals surface area (Å²) in [5.74, 6) is 0. The number of halogens is 3. The first kappa shape index (κ1) is 19.1. The van der Waals surface area contributed by atoms with Gasteiger partial charge in [-0.05, 0) is 38.2 Å². The van der Waals surface area contributed by atoms with Gasteiger partial charge in [-0.3, -0.25) is 5.32 Å². The molecule has 1 atom stereocenters. The van der Waals surface area contributed by atoms with Gasteiger partial charge in [-0.15, -0.1) is 0 Å². The normalized spacial score (nSPS) is 12.2. The van der Waals surface area contributed by atoms with E-state index in [-0.39, 0.29) is 11.7 Å². The van der Waals surface area contributed by atoms with Crippen molar-refractivity contribution < 1.29 is 9.53 Å². The van der Waals surface area contributed by atoms with E-state index in [9.17, 15) is 4.79 Å². The Morgan fingerprint density at radius 2 is 1.86 bits per heavy atom. The van der Waals surface area contributed by atoms with Gasteiger partial charge in [-0.2, -0.15) is 0 Å². The molecule has 1 rings (SSSR count). The highest BCUT2D eigenvalue weighted by molar-refractivity contribution is 7.80. The van der Waals surface area contributed by atoms with E-state index in [1.54, 1.807) is 6.92 Å². The van der Waals surface area contributed by atoms with Crippen LogP contribution in [-0.4, -0.2) is 27.8 Å². The highest BCUT2D eigenvalue weighted by Crippen LogP contribution is 2.29. The Bertz CT molecular complexity index is 520. The number of rotatable bonds is 4. The second kappa shape index (κ2) is 8.62. The smallest absolute Gasteiger partial charge is 0.408 e. The quantitative estimate of drug-likeness (QED) is 0.419. The molecule has 0 fully saturated rings. The van der Waals surface area contributed by atoms with E-state index in [2.05, 4.69) is 16.0 Å². The standard InChI is InChI=1S/C13H16Cl3N3O2S/c1-3-21-12(20)19-10(13(14,15)16)18-11(22)17-9-6-4-8(2)5-7-9/h4-7,10H,3H2,1-2H3,(H,19,20)(H2,17,18,22)/t10-/m0/s1. The molecule has 9 heteroatoms. The minimum Gasteiger partial charge on any atom is -0.450 e. The lowest BCUT2D eigenvalue weighted by atomic mass is 10.2. The Labute approximate surface area is 149 Å². The molecule has 0 spiro atoms. The van der Waals surface area contributed by atoms with Crippen molar-refractivity contribution in [3.05, 3.63) is 29.8 Å². The Hall–Kier alpha value is -0.950. The molecule has 0 unspecified atom stereocenters. The maximum absolute atomic E-state index is 11.5. The first-order valence-corrected chi connectivity index (χ1v) is 7.90. The van der Waals surface area contributed by atoms with Gasteiger partial charge in [0.05, 0.1) is 6.61 Å². The largest absolute Gasteiger partial charge is 0.450 e. The number of amides is 1. The van der Waals surface area contributed by atoms with Gasteiger partial charge in [-0.1, -0.05) is 52.5 Å². The van der Waals surface area contributed by atoms with Crippen molar-refractivity contribution >= 4 is 63.9 Å². The second-order valence-corrected chi connectivity index (χ2v) is 7.08. The van der Waals surface area contributed by atoms with Gasteiger partial charge in [-0.25, -0.2) is 4.79 Å². The maximum atomic E-state index is 11.5. The van der Waals surface area contributed by atoms with Crippen LogP contribution in [0.25, 0.3) is 0 Å². The van der Waals surface area contributed by atoms with Crippen molar-refractivity contribution in [3.8, 4) is 0 Å². The van der Waals surface area contributed by atoms with E-state index in [1.807, 2.05) is 31.2 Å². The van der Waals surface area contributed by atoms with Crippen LogP contribution < -0.4 is 16.0 Å². The van der Waals surface area contributed by atoms with Crippen LogP contribution in [0.5, 0.6) is 0 Å². The summed E-state index contributed by atoms with van der Waals surface area (Å²) >= 11 is 22.6. The summed E-state index contributed by atoms with van der Waals surface area (Å²) in [6.45, 7) is 3.84. The monoisotopic (exact) mass is 383 g/mol. The number of hydrogen-bond acceptors (Lipinski definition) is 3. The average molecular weight is 385 g/mol. The zero-order chi connectivity index (χ0) is 16.8. The summed E-state index contributed by atoms with van der Waals surface area (Å²) in [7, 11) is 0. The number of thiocarbonyl (C=S) groups is 1. The summed E-state index contributed by atoms with van der Waals surface area (Å²) in [5, 5.41) is 8.23. The Kier molecular flexibility index (Phi) is 7.48. The summed E-state index contributed by atoms with van der Waals surface area (Å²) in [6.07, 6.45) is -1.77. The summed E-state index contributed by atoms with van der Waals surface area (Å²) in [5.41, 5.74) is 1.88. The van der Waals surface area contributed by atoms with E-state index in [4.69, 9.17) is 51.8 Å². The second-order valence-electron chi connectivity index (χ2n) is 4.30. The molecule has 0 aromatic heterocycles. The molecule has 0 bridgehead atoms. The van der Waals surface area contributed by atoms with Gasteiger partial charge in [0.25, 0.3) is 0 Å². The molecule has 0 radical (unpaired) electrons. The molecule has 1 aromatic carbocycles. The van der Waals surface area contributed by atoms with Crippen LogP contribution in [0.3, 0.4) is 0 Å². The zero-order valence-corrected chi connectivity index (χ0v) is 15.0. The third-order valence-corrected chi connectivity index (χ3v) is 3.32. The van der Waals surface area contributed by atoms with Gasteiger partial charge in [0.15, 0.2) is 11.3 Å². The van der Waals surface area contributed by atoms with Crippen molar-refractivity contribution in [1.82, 2.24) is 10.6 Å². The molecule has 1 amide bonds. The lowest BCUT2D eigenvalue weighted by Gasteiger charge is -2.27. The molecular formula is C13H16Cl3N3O2S. The Morgan fingerprint density at radius 1 is 1.27 bits per heavy atom. The number of benzene rings is 1. The highest BCUT2D eigenvalue weighted by atomic mass is 35.6. The van der Waals surface area contributed by atoms with Gasteiger partial charge >= 0.3 is 6.09 Å². The lowest BCUT2D eigenvalue weighted by Crippen LogP contribution is -2.56. The van der Waals surface area contributed by atoms with Crippen molar-refractivity contribution in [1.29, 1.82) is 0 Å². The van der Waals surface area contributed by atoms with Crippen molar-refractivity contribution in [2.45, 2.75) is 23.8 Å². The average Bonchev–Trinajstić information content (AvgIpc) is 2.40. The fourth-order valence-electron chi connectivity index (χ4n) is 1.43.